The van der Waals surface area contributed by atoms with Crippen molar-refractivity contribution in [2.75, 3.05) is 6.54 Å². The Morgan fingerprint density at radius 1 is 0.902 bits per heavy atom. The highest BCUT2D eigenvalue weighted by atomic mass is 16.2. The standard InChI is InChI=1S/C34H41N3O4/c1-24-11-10-14-26(21-24)23-37(31(38)19-20-36-33(40)28-17-8-9-18-29(28)34(36)41)30(22-25-12-4-2-5-13-25)32(39)35-27-15-6-3-7-16-27/h2,4-5,8-14,21,27-30H,3,6-7,15-20,22-23H2,1H3,(H,35,39)/t28-,29+,30?. The van der Waals surface area contributed by atoms with E-state index < -0.39 is 6.04 Å². The van der Waals surface area contributed by atoms with Crippen LogP contribution in [-0.4, -0.2) is 52.1 Å². The first-order valence-electron chi connectivity index (χ1n) is 15.1. The first kappa shape index (κ1) is 28.8. The van der Waals surface area contributed by atoms with E-state index in [1.54, 1.807) is 4.90 Å². The Morgan fingerprint density at radius 2 is 1.56 bits per heavy atom. The summed E-state index contributed by atoms with van der Waals surface area (Å²) in [4.78, 5) is 57.0. The first-order chi connectivity index (χ1) is 19.9. The molecule has 0 spiro atoms. The third-order valence-electron chi connectivity index (χ3n) is 8.81. The van der Waals surface area contributed by atoms with Crippen LogP contribution in [0.3, 0.4) is 0 Å². The summed E-state index contributed by atoms with van der Waals surface area (Å²) in [6, 6.07) is 17.1. The molecule has 0 bridgehead atoms. The van der Waals surface area contributed by atoms with Crippen molar-refractivity contribution in [3.63, 3.8) is 0 Å². The van der Waals surface area contributed by atoms with Crippen LogP contribution in [0, 0.1) is 18.8 Å². The second kappa shape index (κ2) is 13.3. The summed E-state index contributed by atoms with van der Waals surface area (Å²) in [5.41, 5.74) is 2.98. The number of nitrogens with one attached hydrogen (secondary N) is 1. The number of nitrogens with zero attached hydrogens (tertiary/aromatic N) is 2. The molecule has 1 heterocycles. The van der Waals surface area contributed by atoms with Gasteiger partial charge in [0.25, 0.3) is 0 Å². The predicted molar refractivity (Wildman–Crippen MR) is 157 cm³/mol. The number of aryl methyl sites for hydroxylation is 1. The van der Waals surface area contributed by atoms with E-state index >= 15 is 0 Å². The van der Waals surface area contributed by atoms with E-state index in [-0.39, 0.29) is 61.0 Å². The molecule has 3 aliphatic rings. The quantitative estimate of drug-likeness (QED) is 0.339. The van der Waals surface area contributed by atoms with Crippen LogP contribution in [0.1, 0.15) is 68.1 Å². The maximum absolute atomic E-state index is 14.0. The zero-order chi connectivity index (χ0) is 28.8. The fraction of sp³-hybridized carbons (Fsp3) is 0.471. The van der Waals surface area contributed by atoms with Gasteiger partial charge < -0.3 is 10.2 Å². The van der Waals surface area contributed by atoms with Gasteiger partial charge in [-0.25, -0.2) is 0 Å². The Labute approximate surface area is 243 Å². The number of imide groups is 1. The minimum atomic E-state index is -0.718. The van der Waals surface area contributed by atoms with Gasteiger partial charge in [0.2, 0.25) is 23.6 Å². The molecule has 216 valence electrons. The van der Waals surface area contributed by atoms with Crippen LogP contribution in [0.15, 0.2) is 66.7 Å². The third kappa shape index (κ3) is 6.95. The second-order valence-corrected chi connectivity index (χ2v) is 11.8. The summed E-state index contributed by atoms with van der Waals surface area (Å²) >= 11 is 0. The van der Waals surface area contributed by atoms with E-state index in [4.69, 9.17) is 0 Å². The smallest absolute Gasteiger partial charge is 0.243 e. The van der Waals surface area contributed by atoms with Crippen molar-refractivity contribution in [2.24, 2.45) is 11.8 Å². The molecular weight excluding hydrogens is 514 g/mol. The van der Waals surface area contributed by atoms with Crippen LogP contribution in [0.5, 0.6) is 0 Å². The highest BCUT2D eigenvalue weighted by Gasteiger charge is 2.47. The molecular formula is C34H41N3O4. The van der Waals surface area contributed by atoms with Gasteiger partial charge in [0.05, 0.1) is 11.8 Å². The van der Waals surface area contributed by atoms with E-state index in [1.165, 1.54) is 11.3 Å². The van der Waals surface area contributed by atoms with E-state index in [0.717, 1.165) is 42.4 Å². The molecule has 1 saturated heterocycles. The zero-order valence-corrected chi connectivity index (χ0v) is 24.0. The van der Waals surface area contributed by atoms with Gasteiger partial charge in [-0.05, 0) is 43.7 Å². The van der Waals surface area contributed by atoms with Crippen molar-refractivity contribution in [2.45, 2.75) is 83.3 Å². The summed E-state index contributed by atoms with van der Waals surface area (Å²) in [6.07, 6.45) is 10.7. The Balaban J connectivity index is 1.39. The van der Waals surface area contributed by atoms with E-state index in [1.807, 2.05) is 73.7 Å². The molecule has 41 heavy (non-hydrogen) atoms. The monoisotopic (exact) mass is 555 g/mol. The number of amides is 4. The van der Waals surface area contributed by atoms with Crippen LogP contribution in [0.4, 0.5) is 0 Å². The van der Waals surface area contributed by atoms with E-state index in [9.17, 15) is 19.2 Å². The summed E-state index contributed by atoms with van der Waals surface area (Å²) in [5.74, 6) is -1.39. The Morgan fingerprint density at radius 3 is 2.22 bits per heavy atom. The molecule has 2 aliphatic carbocycles. The second-order valence-electron chi connectivity index (χ2n) is 11.8. The van der Waals surface area contributed by atoms with Gasteiger partial charge in [-0.2, -0.15) is 0 Å². The molecule has 7 heteroatoms. The van der Waals surface area contributed by atoms with Crippen molar-refractivity contribution >= 4 is 23.6 Å². The number of allylic oxidation sites excluding steroid dienone is 2. The summed E-state index contributed by atoms with van der Waals surface area (Å²) in [6.45, 7) is 2.31. The highest BCUT2D eigenvalue weighted by molar-refractivity contribution is 6.05. The lowest BCUT2D eigenvalue weighted by atomic mass is 9.85. The number of likely N-dealkylation sites (tertiary alicyclic amines) is 1. The van der Waals surface area contributed by atoms with Gasteiger partial charge in [0, 0.05) is 32.0 Å². The number of carbonyl (C=O) groups is 4. The summed E-state index contributed by atoms with van der Waals surface area (Å²) in [5, 5.41) is 3.26. The molecule has 0 aromatic heterocycles. The highest BCUT2D eigenvalue weighted by Crippen LogP contribution is 2.35. The molecule has 7 nitrogen and oxygen atoms in total. The SMILES string of the molecule is Cc1cccc(CN(C(=O)CCN2C(=O)[C@H]3CC=CC[C@H]3C2=O)C(Cc2ccccc2)C(=O)NC2CCCCC2)c1. The van der Waals surface area contributed by atoms with E-state index in [2.05, 4.69) is 5.32 Å². The fourth-order valence-electron chi connectivity index (χ4n) is 6.55. The Kier molecular flexibility index (Phi) is 9.32. The largest absolute Gasteiger partial charge is 0.352 e. The zero-order valence-electron chi connectivity index (χ0n) is 24.0. The van der Waals surface area contributed by atoms with Crippen LogP contribution >= 0.6 is 0 Å². The molecule has 1 saturated carbocycles. The van der Waals surface area contributed by atoms with Gasteiger partial charge in [-0.15, -0.1) is 0 Å². The van der Waals surface area contributed by atoms with Crippen LogP contribution in [0.25, 0.3) is 0 Å². The number of hydrogen-bond donors (Lipinski definition) is 1. The number of hydrogen-bond acceptors (Lipinski definition) is 4. The normalized spacial score (nSPS) is 21.4. The Hall–Kier alpha value is -3.74. The van der Waals surface area contributed by atoms with Gasteiger partial charge in [0.1, 0.15) is 6.04 Å². The molecule has 0 radical (unpaired) electrons. The first-order valence-corrected chi connectivity index (χ1v) is 15.1. The van der Waals surface area contributed by atoms with Crippen molar-refractivity contribution in [1.82, 2.24) is 15.1 Å². The Bertz CT molecular complexity index is 1260. The summed E-state index contributed by atoms with van der Waals surface area (Å²) < 4.78 is 0. The molecule has 2 fully saturated rings. The summed E-state index contributed by atoms with van der Waals surface area (Å²) in [7, 11) is 0. The topological polar surface area (TPSA) is 86.8 Å². The molecule has 4 amide bonds. The molecule has 1 aliphatic heterocycles. The molecule has 1 N–H and O–H groups in total. The molecule has 2 aromatic rings. The number of benzene rings is 2. The van der Waals surface area contributed by atoms with Gasteiger partial charge in [-0.3, -0.25) is 24.1 Å². The van der Waals surface area contributed by atoms with Crippen molar-refractivity contribution in [3.05, 3.63) is 83.4 Å². The average molecular weight is 556 g/mol. The van der Waals surface area contributed by atoms with Crippen LogP contribution in [0.2, 0.25) is 0 Å². The van der Waals surface area contributed by atoms with Crippen LogP contribution < -0.4 is 5.32 Å². The maximum Gasteiger partial charge on any atom is 0.243 e. The minimum Gasteiger partial charge on any atom is -0.352 e. The van der Waals surface area contributed by atoms with Gasteiger partial charge in [-0.1, -0.05) is 91.6 Å². The van der Waals surface area contributed by atoms with E-state index in [0.29, 0.717) is 19.3 Å². The van der Waals surface area contributed by atoms with Gasteiger partial charge >= 0.3 is 0 Å². The molecule has 3 atom stereocenters. The lowest BCUT2D eigenvalue weighted by Crippen LogP contribution is -2.53. The lowest BCUT2D eigenvalue weighted by molar-refractivity contribution is -0.144. The number of fused-ring (bicyclic) bond motifs is 1. The van der Waals surface area contributed by atoms with Gasteiger partial charge in [0.15, 0.2) is 0 Å². The van der Waals surface area contributed by atoms with Crippen molar-refractivity contribution in [3.8, 4) is 0 Å². The maximum atomic E-state index is 14.0. The number of rotatable bonds is 10. The molecule has 5 rings (SSSR count). The van der Waals surface area contributed by atoms with Crippen LogP contribution in [-0.2, 0) is 32.1 Å². The average Bonchev–Trinajstić information content (AvgIpc) is 3.23. The third-order valence-corrected chi connectivity index (χ3v) is 8.81. The van der Waals surface area contributed by atoms with Crippen molar-refractivity contribution in [1.29, 1.82) is 0 Å². The van der Waals surface area contributed by atoms with Crippen molar-refractivity contribution < 1.29 is 19.2 Å². The predicted octanol–water partition coefficient (Wildman–Crippen LogP) is 4.73. The minimum absolute atomic E-state index is 0.0157. The fourth-order valence-corrected chi connectivity index (χ4v) is 6.55. The molecule has 2 aromatic carbocycles. The molecule has 1 unspecified atom stereocenters. The number of carbonyl (C=O) groups excluding carboxylic acids is 4. The lowest BCUT2D eigenvalue weighted by Gasteiger charge is -2.34.